The molecule has 0 saturated carbocycles. The maximum Gasteiger partial charge on any atom is 0.118 e. The molecule has 1 aliphatic heterocycles. The third-order valence-corrected chi connectivity index (χ3v) is 3.71. The summed E-state index contributed by atoms with van der Waals surface area (Å²) in [5.41, 5.74) is 1.26. The van der Waals surface area contributed by atoms with Crippen LogP contribution in [-0.2, 0) is 17.8 Å². The SMILES string of the molecule is Cc1oc(CN(C)C2CCOC2)cc1CNC(C)C. The Morgan fingerprint density at radius 1 is 1.47 bits per heavy atom. The molecule has 0 spiro atoms. The molecule has 1 atom stereocenters. The highest BCUT2D eigenvalue weighted by atomic mass is 16.5. The van der Waals surface area contributed by atoms with Crippen molar-refractivity contribution in [3.8, 4) is 0 Å². The van der Waals surface area contributed by atoms with E-state index >= 15 is 0 Å². The maximum atomic E-state index is 5.85. The fourth-order valence-electron chi connectivity index (χ4n) is 2.40. The zero-order valence-corrected chi connectivity index (χ0v) is 12.5. The second-order valence-electron chi connectivity index (χ2n) is 5.76. The van der Waals surface area contributed by atoms with Crippen molar-refractivity contribution in [1.82, 2.24) is 10.2 Å². The fraction of sp³-hybridized carbons (Fsp3) is 0.733. The molecule has 2 rings (SSSR count). The van der Waals surface area contributed by atoms with E-state index in [9.17, 15) is 0 Å². The number of nitrogens with one attached hydrogen (secondary N) is 1. The molecule has 1 aliphatic rings. The number of nitrogens with zero attached hydrogens (tertiary/aromatic N) is 1. The van der Waals surface area contributed by atoms with Gasteiger partial charge in [0, 0.05) is 30.8 Å². The summed E-state index contributed by atoms with van der Waals surface area (Å²) in [5.74, 6) is 2.08. The average molecular weight is 266 g/mol. The maximum absolute atomic E-state index is 5.85. The first-order chi connectivity index (χ1) is 9.06. The average Bonchev–Trinajstić information content (AvgIpc) is 2.96. The first kappa shape index (κ1) is 14.6. The van der Waals surface area contributed by atoms with Crippen molar-refractivity contribution in [3.05, 3.63) is 23.2 Å². The van der Waals surface area contributed by atoms with Crippen LogP contribution in [0.4, 0.5) is 0 Å². The number of rotatable bonds is 6. The lowest BCUT2D eigenvalue weighted by Crippen LogP contribution is -2.31. The third kappa shape index (κ3) is 4.06. The third-order valence-electron chi connectivity index (χ3n) is 3.71. The fourth-order valence-corrected chi connectivity index (χ4v) is 2.40. The van der Waals surface area contributed by atoms with Crippen molar-refractivity contribution in [1.29, 1.82) is 0 Å². The van der Waals surface area contributed by atoms with Gasteiger partial charge in [-0.05, 0) is 26.5 Å². The van der Waals surface area contributed by atoms with E-state index in [1.54, 1.807) is 0 Å². The summed E-state index contributed by atoms with van der Waals surface area (Å²) in [4.78, 5) is 2.32. The van der Waals surface area contributed by atoms with Gasteiger partial charge in [-0.2, -0.15) is 0 Å². The molecule has 1 aromatic heterocycles. The standard InChI is InChI=1S/C15H26N2O2/c1-11(2)16-8-13-7-15(19-12(13)3)9-17(4)14-5-6-18-10-14/h7,11,14,16H,5-6,8-10H2,1-4H3. The second-order valence-corrected chi connectivity index (χ2v) is 5.76. The predicted molar refractivity (Wildman–Crippen MR) is 76.1 cm³/mol. The first-order valence-electron chi connectivity index (χ1n) is 7.16. The molecule has 2 heterocycles. The molecule has 1 fully saturated rings. The zero-order valence-electron chi connectivity index (χ0n) is 12.5. The van der Waals surface area contributed by atoms with Crippen LogP contribution in [0, 0.1) is 6.92 Å². The minimum Gasteiger partial charge on any atom is -0.465 e. The van der Waals surface area contributed by atoms with E-state index in [-0.39, 0.29) is 0 Å². The molecule has 1 unspecified atom stereocenters. The lowest BCUT2D eigenvalue weighted by atomic mass is 10.2. The molecule has 0 bridgehead atoms. The van der Waals surface area contributed by atoms with Crippen molar-refractivity contribution in [2.75, 3.05) is 20.3 Å². The lowest BCUT2D eigenvalue weighted by molar-refractivity contribution is 0.152. The van der Waals surface area contributed by atoms with Crippen LogP contribution in [0.5, 0.6) is 0 Å². The van der Waals surface area contributed by atoms with Gasteiger partial charge in [0.2, 0.25) is 0 Å². The molecular weight excluding hydrogens is 240 g/mol. The molecule has 1 saturated heterocycles. The Balaban J connectivity index is 1.91. The highest BCUT2D eigenvalue weighted by Crippen LogP contribution is 2.19. The normalized spacial score (nSPS) is 19.8. The summed E-state index contributed by atoms with van der Waals surface area (Å²) in [5, 5.41) is 3.43. The molecule has 19 heavy (non-hydrogen) atoms. The Hall–Kier alpha value is -0.840. The van der Waals surface area contributed by atoms with E-state index in [0.29, 0.717) is 12.1 Å². The summed E-state index contributed by atoms with van der Waals surface area (Å²) in [7, 11) is 2.14. The van der Waals surface area contributed by atoms with Gasteiger partial charge in [0.25, 0.3) is 0 Å². The van der Waals surface area contributed by atoms with Gasteiger partial charge in [0.1, 0.15) is 11.5 Å². The molecule has 4 heteroatoms. The van der Waals surface area contributed by atoms with Crippen LogP contribution in [0.15, 0.2) is 10.5 Å². The van der Waals surface area contributed by atoms with Crippen molar-refractivity contribution in [2.24, 2.45) is 0 Å². The Morgan fingerprint density at radius 2 is 2.26 bits per heavy atom. The van der Waals surface area contributed by atoms with Crippen molar-refractivity contribution in [2.45, 2.75) is 52.4 Å². The van der Waals surface area contributed by atoms with Crippen LogP contribution >= 0.6 is 0 Å². The van der Waals surface area contributed by atoms with Gasteiger partial charge in [0.05, 0.1) is 13.2 Å². The Morgan fingerprint density at radius 3 is 2.89 bits per heavy atom. The second kappa shape index (κ2) is 6.55. The van der Waals surface area contributed by atoms with E-state index in [0.717, 1.165) is 44.2 Å². The van der Waals surface area contributed by atoms with Crippen molar-refractivity contribution >= 4 is 0 Å². The lowest BCUT2D eigenvalue weighted by Gasteiger charge is -2.21. The minimum absolute atomic E-state index is 0.496. The van der Waals surface area contributed by atoms with E-state index in [2.05, 4.69) is 37.2 Å². The number of aryl methyl sites for hydroxylation is 1. The molecule has 0 radical (unpaired) electrons. The van der Waals surface area contributed by atoms with E-state index in [1.807, 2.05) is 6.92 Å². The number of likely N-dealkylation sites (N-methyl/N-ethyl adjacent to an activating group) is 1. The van der Waals surface area contributed by atoms with Crippen LogP contribution in [0.1, 0.15) is 37.4 Å². The highest BCUT2D eigenvalue weighted by Gasteiger charge is 2.21. The van der Waals surface area contributed by atoms with Crippen LogP contribution in [0.3, 0.4) is 0 Å². The van der Waals surface area contributed by atoms with Crippen LogP contribution in [0.25, 0.3) is 0 Å². The predicted octanol–water partition coefficient (Wildman–Crippen LogP) is 2.31. The van der Waals surface area contributed by atoms with Crippen LogP contribution < -0.4 is 5.32 Å². The van der Waals surface area contributed by atoms with Crippen LogP contribution in [-0.4, -0.2) is 37.2 Å². The first-order valence-corrected chi connectivity index (χ1v) is 7.16. The molecule has 108 valence electrons. The van der Waals surface area contributed by atoms with E-state index in [4.69, 9.17) is 9.15 Å². The minimum atomic E-state index is 0.496. The Kier molecular flexibility index (Phi) is 5.02. The van der Waals surface area contributed by atoms with Crippen LogP contribution in [0.2, 0.25) is 0 Å². The summed E-state index contributed by atoms with van der Waals surface area (Å²) < 4.78 is 11.3. The molecule has 1 N–H and O–H groups in total. The van der Waals surface area contributed by atoms with Gasteiger partial charge in [-0.25, -0.2) is 0 Å². The van der Waals surface area contributed by atoms with Gasteiger partial charge in [-0.1, -0.05) is 13.8 Å². The summed E-state index contributed by atoms with van der Waals surface area (Å²) in [6, 6.07) is 3.20. The molecule has 0 amide bonds. The highest BCUT2D eigenvalue weighted by molar-refractivity contribution is 5.20. The Labute approximate surface area is 116 Å². The molecule has 4 nitrogen and oxygen atoms in total. The smallest absolute Gasteiger partial charge is 0.118 e. The number of ether oxygens (including phenoxy) is 1. The van der Waals surface area contributed by atoms with Gasteiger partial charge in [-0.15, -0.1) is 0 Å². The molecule has 1 aromatic rings. The largest absolute Gasteiger partial charge is 0.465 e. The van der Waals surface area contributed by atoms with Gasteiger partial charge < -0.3 is 14.5 Å². The van der Waals surface area contributed by atoms with Crippen molar-refractivity contribution < 1.29 is 9.15 Å². The van der Waals surface area contributed by atoms with E-state index in [1.165, 1.54) is 5.56 Å². The number of furan rings is 1. The monoisotopic (exact) mass is 266 g/mol. The summed E-state index contributed by atoms with van der Waals surface area (Å²) in [6.07, 6.45) is 1.12. The summed E-state index contributed by atoms with van der Waals surface area (Å²) in [6.45, 7) is 9.82. The number of hydrogen-bond acceptors (Lipinski definition) is 4. The molecule has 0 aliphatic carbocycles. The van der Waals surface area contributed by atoms with E-state index < -0.39 is 0 Å². The zero-order chi connectivity index (χ0) is 13.8. The Bertz CT molecular complexity index is 395. The quantitative estimate of drug-likeness (QED) is 0.857. The van der Waals surface area contributed by atoms with Gasteiger partial charge in [0.15, 0.2) is 0 Å². The topological polar surface area (TPSA) is 37.6 Å². The molecular formula is C15H26N2O2. The molecule has 0 aromatic carbocycles. The number of hydrogen-bond donors (Lipinski definition) is 1. The van der Waals surface area contributed by atoms with Gasteiger partial charge in [-0.3, -0.25) is 4.90 Å². The van der Waals surface area contributed by atoms with Crippen molar-refractivity contribution in [3.63, 3.8) is 0 Å². The van der Waals surface area contributed by atoms with Gasteiger partial charge >= 0.3 is 0 Å². The summed E-state index contributed by atoms with van der Waals surface area (Å²) >= 11 is 0.